The highest BCUT2D eigenvalue weighted by Gasteiger charge is 2.30. The molecule has 0 aliphatic carbocycles. The van der Waals surface area contributed by atoms with Crippen LogP contribution >= 0.6 is 0 Å². The van der Waals surface area contributed by atoms with Gasteiger partial charge in [0.2, 0.25) is 5.95 Å². The van der Waals surface area contributed by atoms with Crippen molar-refractivity contribution in [3.63, 3.8) is 0 Å². The Balaban J connectivity index is 1.29. The van der Waals surface area contributed by atoms with E-state index in [9.17, 15) is 4.21 Å². The quantitative estimate of drug-likeness (QED) is 0.686. The average Bonchev–Trinajstić information content (AvgIpc) is 3.21. The zero-order chi connectivity index (χ0) is 22.8. The van der Waals surface area contributed by atoms with E-state index in [1.54, 1.807) is 0 Å². The summed E-state index contributed by atoms with van der Waals surface area (Å²) >= 11 is 0. The summed E-state index contributed by atoms with van der Waals surface area (Å²) in [5.41, 5.74) is 2.20. The first-order chi connectivity index (χ1) is 16.1. The van der Waals surface area contributed by atoms with E-state index in [0.717, 1.165) is 86.5 Å². The summed E-state index contributed by atoms with van der Waals surface area (Å²) in [6.07, 6.45) is 4.71. The van der Waals surface area contributed by atoms with Crippen LogP contribution in [0.5, 0.6) is 5.75 Å². The van der Waals surface area contributed by atoms with Gasteiger partial charge in [0.15, 0.2) is 0 Å². The van der Waals surface area contributed by atoms with Gasteiger partial charge in [-0.1, -0.05) is 32.0 Å². The van der Waals surface area contributed by atoms with Gasteiger partial charge in [0.1, 0.15) is 22.6 Å². The lowest BCUT2D eigenvalue weighted by molar-refractivity contribution is 0.0903. The van der Waals surface area contributed by atoms with E-state index in [1.807, 2.05) is 6.07 Å². The molecule has 3 aliphatic heterocycles. The van der Waals surface area contributed by atoms with Crippen LogP contribution in [0.15, 0.2) is 29.2 Å². The van der Waals surface area contributed by atoms with Crippen molar-refractivity contribution in [2.75, 3.05) is 42.3 Å². The number of aryl methyl sites for hydroxylation is 1. The molecule has 7 nitrogen and oxygen atoms in total. The third-order valence-electron chi connectivity index (χ3n) is 6.80. The predicted octanol–water partition coefficient (Wildman–Crippen LogP) is 3.90. The highest BCUT2D eigenvalue weighted by atomic mass is 32.2. The van der Waals surface area contributed by atoms with Crippen LogP contribution in [0.3, 0.4) is 0 Å². The number of rotatable bonds is 6. The van der Waals surface area contributed by atoms with E-state index in [1.165, 1.54) is 5.56 Å². The fourth-order valence-corrected chi connectivity index (χ4v) is 6.19. The first kappa shape index (κ1) is 22.6. The lowest BCUT2D eigenvalue weighted by atomic mass is 10.0. The Morgan fingerprint density at radius 3 is 2.64 bits per heavy atom. The molecule has 0 spiro atoms. The van der Waals surface area contributed by atoms with Crippen molar-refractivity contribution in [2.24, 2.45) is 0 Å². The number of benzene rings is 1. The van der Waals surface area contributed by atoms with Crippen LogP contribution in [0, 0.1) is 0 Å². The molecule has 178 valence electrons. The number of hydrogen-bond donors (Lipinski definition) is 1. The number of nitrogens with one attached hydrogen (secondary N) is 1. The fourth-order valence-electron chi connectivity index (χ4n) is 4.88. The third kappa shape index (κ3) is 5.01. The molecule has 1 atom stereocenters. The molecule has 1 N–H and O–H groups in total. The molecule has 1 aromatic carbocycles. The monoisotopic (exact) mass is 470 g/mol. The Kier molecular flexibility index (Phi) is 6.83. The summed E-state index contributed by atoms with van der Waals surface area (Å²) in [7, 11) is -1.02. The number of hydrogen-bond acceptors (Lipinski definition) is 7. The molecule has 0 bridgehead atoms. The lowest BCUT2D eigenvalue weighted by Crippen LogP contribution is -2.39. The van der Waals surface area contributed by atoms with Gasteiger partial charge in [-0.15, -0.1) is 0 Å². The predicted molar refractivity (Wildman–Crippen MR) is 131 cm³/mol. The summed E-state index contributed by atoms with van der Waals surface area (Å²) in [5, 5.41) is 3.57. The van der Waals surface area contributed by atoms with Gasteiger partial charge in [-0.3, -0.25) is 4.21 Å². The van der Waals surface area contributed by atoms with Gasteiger partial charge in [0.05, 0.1) is 16.5 Å². The molecule has 3 aliphatic rings. The van der Waals surface area contributed by atoms with E-state index >= 15 is 0 Å². The number of fused-ring (bicyclic) bond motifs is 1. The van der Waals surface area contributed by atoms with Gasteiger partial charge < -0.3 is 19.7 Å². The number of para-hydroxylation sites is 1. The molecular formula is C25H34N4O3S. The topological polar surface area (TPSA) is 76.6 Å². The van der Waals surface area contributed by atoms with E-state index < -0.39 is 10.8 Å². The van der Waals surface area contributed by atoms with E-state index in [2.05, 4.69) is 42.3 Å². The van der Waals surface area contributed by atoms with Gasteiger partial charge in [-0.05, 0) is 30.4 Å². The van der Waals surface area contributed by atoms with Gasteiger partial charge in [-0.2, -0.15) is 4.98 Å². The second-order valence-electron chi connectivity index (χ2n) is 9.48. The van der Waals surface area contributed by atoms with Crippen molar-refractivity contribution in [1.29, 1.82) is 0 Å². The van der Waals surface area contributed by atoms with Crippen molar-refractivity contribution < 1.29 is 13.7 Å². The highest BCUT2D eigenvalue weighted by molar-refractivity contribution is 7.85. The van der Waals surface area contributed by atoms with Crippen LogP contribution in [0.25, 0.3) is 0 Å². The van der Waals surface area contributed by atoms with Crippen molar-refractivity contribution in [3.05, 3.63) is 35.5 Å². The molecule has 0 amide bonds. The summed E-state index contributed by atoms with van der Waals surface area (Å²) < 4.78 is 24.5. The first-order valence-electron chi connectivity index (χ1n) is 12.2. The Morgan fingerprint density at radius 1 is 1.12 bits per heavy atom. The van der Waals surface area contributed by atoms with Crippen LogP contribution in [-0.2, 0) is 22.0 Å². The molecule has 1 unspecified atom stereocenters. The first-order valence-corrected chi connectivity index (χ1v) is 13.5. The standard InChI is InChI=1S/C25H34N4O3S/c1-17(2)20-5-3-4-6-22(20)32-19-7-12-29(13-8-19)25-27-21-11-16-33(30)23(21)24(28-25)26-18-9-14-31-15-10-18/h3-6,17-19H,7-16H2,1-2H3,(H,26,27,28). The van der Waals surface area contributed by atoms with Crippen molar-refractivity contribution >= 4 is 22.6 Å². The minimum atomic E-state index is -1.02. The molecule has 2 aromatic rings. The summed E-state index contributed by atoms with van der Waals surface area (Å²) in [6.45, 7) is 7.63. The molecule has 2 saturated heterocycles. The average molecular weight is 471 g/mol. The maximum Gasteiger partial charge on any atom is 0.227 e. The third-order valence-corrected chi connectivity index (χ3v) is 8.26. The van der Waals surface area contributed by atoms with E-state index in [0.29, 0.717) is 17.7 Å². The van der Waals surface area contributed by atoms with E-state index in [4.69, 9.17) is 19.4 Å². The smallest absolute Gasteiger partial charge is 0.227 e. The number of ether oxygens (including phenoxy) is 2. The SMILES string of the molecule is CC(C)c1ccccc1OC1CCN(c2nc3c(c(NC4CCOCC4)n2)S(=O)CC3)CC1. The molecule has 4 heterocycles. The van der Waals surface area contributed by atoms with Crippen molar-refractivity contribution in [3.8, 4) is 5.75 Å². The highest BCUT2D eigenvalue weighted by Crippen LogP contribution is 2.33. The number of nitrogens with zero attached hydrogens (tertiary/aromatic N) is 3. The number of aromatic nitrogens is 2. The fraction of sp³-hybridized carbons (Fsp3) is 0.600. The van der Waals surface area contributed by atoms with Gasteiger partial charge in [0.25, 0.3) is 0 Å². The van der Waals surface area contributed by atoms with E-state index in [-0.39, 0.29) is 6.10 Å². The Hall–Kier alpha value is -2.19. The molecule has 2 fully saturated rings. The van der Waals surface area contributed by atoms with Gasteiger partial charge >= 0.3 is 0 Å². The van der Waals surface area contributed by atoms with Gasteiger partial charge in [-0.25, -0.2) is 4.98 Å². The van der Waals surface area contributed by atoms with Crippen LogP contribution in [-0.4, -0.2) is 58.4 Å². The zero-order valence-corrected chi connectivity index (χ0v) is 20.4. The maximum atomic E-state index is 12.6. The summed E-state index contributed by atoms with van der Waals surface area (Å²) in [4.78, 5) is 12.8. The molecular weight excluding hydrogens is 436 g/mol. The van der Waals surface area contributed by atoms with Crippen molar-refractivity contribution in [2.45, 2.75) is 68.9 Å². The maximum absolute atomic E-state index is 12.6. The molecule has 5 rings (SSSR count). The second kappa shape index (κ2) is 9.97. The number of anilines is 2. The largest absolute Gasteiger partial charge is 0.490 e. The zero-order valence-electron chi connectivity index (χ0n) is 19.6. The van der Waals surface area contributed by atoms with Crippen LogP contribution < -0.4 is 15.0 Å². The van der Waals surface area contributed by atoms with Crippen LogP contribution in [0.2, 0.25) is 0 Å². The number of piperidine rings is 1. The molecule has 33 heavy (non-hydrogen) atoms. The lowest BCUT2D eigenvalue weighted by Gasteiger charge is -2.33. The Morgan fingerprint density at radius 2 is 1.88 bits per heavy atom. The minimum Gasteiger partial charge on any atom is -0.490 e. The normalized spacial score (nSPS) is 21.9. The Labute approximate surface area is 198 Å². The summed E-state index contributed by atoms with van der Waals surface area (Å²) in [6, 6.07) is 8.67. The van der Waals surface area contributed by atoms with Gasteiger partial charge in [0, 0.05) is 57.4 Å². The molecule has 8 heteroatoms. The van der Waals surface area contributed by atoms with Crippen molar-refractivity contribution in [1.82, 2.24) is 9.97 Å². The summed E-state index contributed by atoms with van der Waals surface area (Å²) in [5.74, 6) is 3.60. The second-order valence-corrected chi connectivity index (χ2v) is 11.0. The molecule has 1 aromatic heterocycles. The van der Waals surface area contributed by atoms with Crippen LogP contribution in [0.1, 0.15) is 56.7 Å². The molecule has 0 saturated carbocycles. The Bertz CT molecular complexity index is 1000. The van der Waals surface area contributed by atoms with Crippen LogP contribution in [0.4, 0.5) is 11.8 Å². The minimum absolute atomic E-state index is 0.197. The molecule has 0 radical (unpaired) electrons.